The van der Waals surface area contributed by atoms with E-state index in [9.17, 15) is 9.59 Å². The average molecular weight is 273 g/mol. The smallest absolute Gasteiger partial charge is 0.355 e. The van der Waals surface area contributed by atoms with Crippen molar-refractivity contribution in [3.05, 3.63) is 47.7 Å². The van der Waals surface area contributed by atoms with Crippen molar-refractivity contribution in [3.63, 3.8) is 0 Å². The van der Waals surface area contributed by atoms with Crippen LogP contribution in [0.1, 0.15) is 20.8 Å². The van der Waals surface area contributed by atoms with Gasteiger partial charge < -0.3 is 14.9 Å². The molecule has 102 valence electrons. The molecule has 1 heterocycles. The topological polar surface area (TPSA) is 96.7 Å². The normalized spacial score (nSPS) is 10.1. The first-order valence-corrected chi connectivity index (χ1v) is 5.65. The molecule has 0 aliphatic rings. The van der Waals surface area contributed by atoms with Crippen LogP contribution in [0.15, 0.2) is 36.4 Å². The fourth-order valence-electron chi connectivity index (χ4n) is 1.72. The molecule has 0 bridgehead atoms. The van der Waals surface area contributed by atoms with Gasteiger partial charge in [-0.1, -0.05) is 0 Å². The van der Waals surface area contributed by atoms with E-state index in [1.807, 2.05) is 0 Å². The van der Waals surface area contributed by atoms with Gasteiger partial charge in [0, 0.05) is 5.56 Å². The van der Waals surface area contributed by atoms with Crippen molar-refractivity contribution in [2.45, 2.75) is 0 Å². The van der Waals surface area contributed by atoms with Crippen LogP contribution in [0.25, 0.3) is 11.3 Å². The SMILES string of the molecule is COc1ccc(-c2ccc(C(=O)O)c(C(=O)O)n2)cc1. The average Bonchev–Trinajstić information content (AvgIpc) is 2.46. The molecule has 0 unspecified atom stereocenters. The first-order valence-electron chi connectivity index (χ1n) is 5.65. The Balaban J connectivity index is 2.49. The summed E-state index contributed by atoms with van der Waals surface area (Å²) in [4.78, 5) is 25.9. The second-order valence-corrected chi connectivity index (χ2v) is 3.93. The van der Waals surface area contributed by atoms with E-state index >= 15 is 0 Å². The summed E-state index contributed by atoms with van der Waals surface area (Å²) in [6, 6.07) is 9.56. The van der Waals surface area contributed by atoms with Crippen LogP contribution in [0.4, 0.5) is 0 Å². The van der Waals surface area contributed by atoms with Gasteiger partial charge in [-0.25, -0.2) is 14.6 Å². The highest BCUT2D eigenvalue weighted by Gasteiger charge is 2.18. The van der Waals surface area contributed by atoms with Gasteiger partial charge in [0.15, 0.2) is 5.69 Å². The predicted molar refractivity (Wildman–Crippen MR) is 70.1 cm³/mol. The molecule has 0 atom stereocenters. The molecule has 2 rings (SSSR count). The molecule has 20 heavy (non-hydrogen) atoms. The van der Waals surface area contributed by atoms with Crippen molar-refractivity contribution >= 4 is 11.9 Å². The van der Waals surface area contributed by atoms with Gasteiger partial charge in [-0.2, -0.15) is 0 Å². The van der Waals surface area contributed by atoms with Gasteiger partial charge >= 0.3 is 11.9 Å². The van der Waals surface area contributed by atoms with Crippen molar-refractivity contribution in [2.75, 3.05) is 7.11 Å². The maximum Gasteiger partial charge on any atom is 0.355 e. The van der Waals surface area contributed by atoms with Gasteiger partial charge in [0.1, 0.15) is 5.75 Å². The van der Waals surface area contributed by atoms with Gasteiger partial charge in [0.05, 0.1) is 18.4 Å². The number of aromatic nitrogens is 1. The number of carbonyl (C=O) groups is 2. The lowest BCUT2D eigenvalue weighted by Gasteiger charge is -2.06. The lowest BCUT2D eigenvalue weighted by atomic mass is 10.1. The summed E-state index contributed by atoms with van der Waals surface area (Å²) in [6.45, 7) is 0. The van der Waals surface area contributed by atoms with Crippen LogP contribution in [0.3, 0.4) is 0 Å². The van der Waals surface area contributed by atoms with Gasteiger partial charge in [-0.15, -0.1) is 0 Å². The Kier molecular flexibility index (Phi) is 3.65. The minimum Gasteiger partial charge on any atom is -0.497 e. The summed E-state index contributed by atoms with van der Waals surface area (Å²) in [5.41, 5.74) is 0.237. The monoisotopic (exact) mass is 273 g/mol. The molecule has 0 radical (unpaired) electrons. The molecule has 6 nitrogen and oxygen atoms in total. The number of aromatic carboxylic acids is 2. The van der Waals surface area contributed by atoms with Crippen molar-refractivity contribution in [1.29, 1.82) is 0 Å². The molecular formula is C14H11NO5. The number of carboxylic acid groups (broad SMARTS) is 2. The molecule has 0 amide bonds. The maximum absolute atomic E-state index is 11.1. The molecule has 2 N–H and O–H groups in total. The molecule has 0 fully saturated rings. The van der Waals surface area contributed by atoms with E-state index in [0.717, 1.165) is 0 Å². The first-order chi connectivity index (χ1) is 9.52. The number of methoxy groups -OCH3 is 1. The second kappa shape index (κ2) is 5.40. The lowest BCUT2D eigenvalue weighted by molar-refractivity contribution is 0.0646. The second-order valence-electron chi connectivity index (χ2n) is 3.93. The molecule has 0 spiro atoms. The molecule has 0 saturated carbocycles. The number of rotatable bonds is 4. The molecular weight excluding hydrogens is 262 g/mol. The summed E-state index contributed by atoms with van der Waals surface area (Å²) < 4.78 is 5.03. The van der Waals surface area contributed by atoms with E-state index in [1.54, 1.807) is 24.3 Å². The third-order valence-electron chi connectivity index (χ3n) is 2.71. The Labute approximate surface area is 114 Å². The number of ether oxygens (including phenoxy) is 1. The van der Waals surface area contributed by atoms with E-state index in [4.69, 9.17) is 14.9 Å². The molecule has 0 saturated heterocycles. The molecule has 6 heteroatoms. The van der Waals surface area contributed by atoms with Gasteiger partial charge in [0.2, 0.25) is 0 Å². The van der Waals surface area contributed by atoms with E-state index in [1.165, 1.54) is 19.2 Å². The van der Waals surface area contributed by atoms with Crippen molar-refractivity contribution in [3.8, 4) is 17.0 Å². The standard InChI is InChI=1S/C14H11NO5/c1-20-9-4-2-8(3-5-9)11-7-6-10(13(16)17)12(15-11)14(18)19/h2-7H,1H3,(H,16,17)(H,18,19). The molecule has 1 aromatic heterocycles. The van der Waals surface area contributed by atoms with Crippen molar-refractivity contribution in [1.82, 2.24) is 4.98 Å². The van der Waals surface area contributed by atoms with E-state index in [-0.39, 0.29) is 5.56 Å². The van der Waals surface area contributed by atoms with Crippen LogP contribution >= 0.6 is 0 Å². The third kappa shape index (κ3) is 2.59. The van der Waals surface area contributed by atoms with E-state index in [0.29, 0.717) is 17.0 Å². The third-order valence-corrected chi connectivity index (χ3v) is 2.71. The number of carboxylic acids is 2. The fraction of sp³-hybridized carbons (Fsp3) is 0.0714. The summed E-state index contributed by atoms with van der Waals surface area (Å²) in [6.07, 6.45) is 0. The van der Waals surface area contributed by atoms with Crippen LogP contribution in [0.5, 0.6) is 5.75 Å². The number of hydrogen-bond acceptors (Lipinski definition) is 4. The number of nitrogens with zero attached hydrogens (tertiary/aromatic N) is 1. The van der Waals surface area contributed by atoms with E-state index in [2.05, 4.69) is 4.98 Å². The molecule has 0 aliphatic heterocycles. The first kappa shape index (κ1) is 13.5. The highest BCUT2D eigenvalue weighted by atomic mass is 16.5. The highest BCUT2D eigenvalue weighted by Crippen LogP contribution is 2.22. The van der Waals surface area contributed by atoms with Crippen LogP contribution < -0.4 is 4.74 Å². The summed E-state index contributed by atoms with van der Waals surface area (Å²) in [7, 11) is 1.54. The van der Waals surface area contributed by atoms with Gasteiger partial charge in [-0.05, 0) is 36.4 Å². The molecule has 2 aromatic rings. The number of pyridine rings is 1. The Morgan fingerprint density at radius 2 is 1.65 bits per heavy atom. The fourth-order valence-corrected chi connectivity index (χ4v) is 1.72. The number of hydrogen-bond donors (Lipinski definition) is 2. The van der Waals surface area contributed by atoms with Crippen LogP contribution in [0, 0.1) is 0 Å². The van der Waals surface area contributed by atoms with Gasteiger partial charge in [0.25, 0.3) is 0 Å². The zero-order chi connectivity index (χ0) is 14.7. The van der Waals surface area contributed by atoms with Gasteiger partial charge in [-0.3, -0.25) is 0 Å². The summed E-state index contributed by atoms with van der Waals surface area (Å²) in [5, 5.41) is 17.9. The Hall–Kier alpha value is -2.89. The predicted octanol–water partition coefficient (Wildman–Crippen LogP) is 2.15. The van der Waals surface area contributed by atoms with Crippen molar-refractivity contribution in [2.24, 2.45) is 0 Å². The minimum absolute atomic E-state index is 0.338. The quantitative estimate of drug-likeness (QED) is 0.886. The zero-order valence-corrected chi connectivity index (χ0v) is 10.5. The Bertz CT molecular complexity index is 664. The Morgan fingerprint density at radius 3 is 2.15 bits per heavy atom. The van der Waals surface area contributed by atoms with Crippen LogP contribution in [-0.4, -0.2) is 34.2 Å². The minimum atomic E-state index is -1.38. The molecule has 0 aliphatic carbocycles. The molecule has 1 aromatic carbocycles. The highest BCUT2D eigenvalue weighted by molar-refractivity contribution is 6.00. The maximum atomic E-state index is 11.1. The summed E-state index contributed by atoms with van der Waals surface area (Å²) >= 11 is 0. The van der Waals surface area contributed by atoms with E-state index < -0.39 is 17.6 Å². The Morgan fingerprint density at radius 1 is 1.00 bits per heavy atom. The largest absolute Gasteiger partial charge is 0.497 e. The lowest BCUT2D eigenvalue weighted by Crippen LogP contribution is -2.11. The summed E-state index contributed by atoms with van der Waals surface area (Å²) in [5.74, 6) is -2.04. The van der Waals surface area contributed by atoms with Crippen molar-refractivity contribution < 1.29 is 24.5 Å². The number of benzene rings is 1. The van der Waals surface area contributed by atoms with Crippen LogP contribution in [0.2, 0.25) is 0 Å². The zero-order valence-electron chi connectivity index (χ0n) is 10.5. The van der Waals surface area contributed by atoms with Crippen LogP contribution in [-0.2, 0) is 0 Å².